The standard InChI is InChI=1S/C9H14N2O3S2/c1-6-5-15-8(11-6)4-10-9(12)7(2)16(3,13)14/h5,7H,4H2,1-3H3,(H,10,12)/t7-/m0/s1. The quantitative estimate of drug-likeness (QED) is 0.857. The van der Waals surface area contributed by atoms with Crippen LogP contribution in [0.1, 0.15) is 17.6 Å². The van der Waals surface area contributed by atoms with Crippen LogP contribution in [0.3, 0.4) is 0 Å². The summed E-state index contributed by atoms with van der Waals surface area (Å²) in [5, 5.41) is 4.17. The van der Waals surface area contributed by atoms with E-state index < -0.39 is 21.0 Å². The molecular weight excluding hydrogens is 248 g/mol. The van der Waals surface area contributed by atoms with Gasteiger partial charge in [-0.1, -0.05) is 0 Å². The average Bonchev–Trinajstić information content (AvgIpc) is 2.58. The van der Waals surface area contributed by atoms with E-state index in [4.69, 9.17) is 0 Å². The van der Waals surface area contributed by atoms with Gasteiger partial charge in [0.25, 0.3) is 0 Å². The van der Waals surface area contributed by atoms with Gasteiger partial charge in [-0.15, -0.1) is 11.3 Å². The number of nitrogens with one attached hydrogen (secondary N) is 1. The Balaban J connectivity index is 2.54. The maximum Gasteiger partial charge on any atom is 0.238 e. The fourth-order valence-electron chi connectivity index (χ4n) is 0.985. The first-order chi connectivity index (χ1) is 7.30. The lowest BCUT2D eigenvalue weighted by Crippen LogP contribution is -2.36. The Morgan fingerprint density at radius 1 is 1.62 bits per heavy atom. The van der Waals surface area contributed by atoms with Crippen molar-refractivity contribution in [1.29, 1.82) is 0 Å². The smallest absolute Gasteiger partial charge is 0.238 e. The van der Waals surface area contributed by atoms with Gasteiger partial charge in [0.1, 0.15) is 10.3 Å². The molecule has 0 aliphatic carbocycles. The van der Waals surface area contributed by atoms with Crippen LogP contribution in [0.5, 0.6) is 0 Å². The van der Waals surface area contributed by atoms with Gasteiger partial charge in [0.05, 0.1) is 6.54 Å². The zero-order valence-electron chi connectivity index (χ0n) is 9.35. The van der Waals surface area contributed by atoms with E-state index in [2.05, 4.69) is 10.3 Å². The summed E-state index contributed by atoms with van der Waals surface area (Å²) >= 11 is 1.44. The number of hydrogen-bond acceptors (Lipinski definition) is 5. The zero-order chi connectivity index (χ0) is 12.3. The number of rotatable bonds is 4. The monoisotopic (exact) mass is 262 g/mol. The molecule has 0 bridgehead atoms. The van der Waals surface area contributed by atoms with Gasteiger partial charge < -0.3 is 5.32 Å². The molecule has 90 valence electrons. The number of carbonyl (C=O) groups excluding carboxylic acids is 1. The molecule has 1 N–H and O–H groups in total. The summed E-state index contributed by atoms with van der Waals surface area (Å²) in [6.07, 6.45) is 1.05. The molecule has 1 rings (SSSR count). The minimum atomic E-state index is -3.33. The van der Waals surface area contributed by atoms with Crippen molar-refractivity contribution in [3.05, 3.63) is 16.1 Å². The molecule has 0 saturated carbocycles. The molecule has 0 saturated heterocycles. The number of sulfone groups is 1. The van der Waals surface area contributed by atoms with Gasteiger partial charge in [-0.05, 0) is 13.8 Å². The average molecular weight is 262 g/mol. The summed E-state index contributed by atoms with van der Waals surface area (Å²) < 4.78 is 22.2. The van der Waals surface area contributed by atoms with Crippen LogP contribution in [0.25, 0.3) is 0 Å². The molecule has 7 heteroatoms. The van der Waals surface area contributed by atoms with E-state index in [1.165, 1.54) is 18.3 Å². The van der Waals surface area contributed by atoms with Crippen molar-refractivity contribution in [2.24, 2.45) is 0 Å². The Bertz CT molecular complexity index is 479. The highest BCUT2D eigenvalue weighted by atomic mass is 32.2. The number of thiazole rings is 1. The Morgan fingerprint density at radius 2 is 2.25 bits per heavy atom. The van der Waals surface area contributed by atoms with Crippen LogP contribution in [0, 0.1) is 6.92 Å². The molecule has 1 aromatic heterocycles. The molecule has 0 aliphatic rings. The number of carbonyl (C=O) groups is 1. The summed E-state index contributed by atoms with van der Waals surface area (Å²) in [6, 6.07) is 0. The number of amides is 1. The maximum atomic E-state index is 11.5. The first-order valence-electron chi connectivity index (χ1n) is 4.68. The van der Waals surface area contributed by atoms with Crippen LogP contribution in [0.4, 0.5) is 0 Å². The first kappa shape index (κ1) is 13.1. The number of nitrogens with zero attached hydrogens (tertiary/aromatic N) is 1. The van der Waals surface area contributed by atoms with Crippen LogP contribution >= 0.6 is 11.3 Å². The molecular formula is C9H14N2O3S2. The fraction of sp³-hybridized carbons (Fsp3) is 0.556. The molecule has 5 nitrogen and oxygen atoms in total. The van der Waals surface area contributed by atoms with E-state index in [0.29, 0.717) is 0 Å². The lowest BCUT2D eigenvalue weighted by molar-refractivity contribution is -0.120. The van der Waals surface area contributed by atoms with Crippen molar-refractivity contribution in [2.45, 2.75) is 25.6 Å². The van der Waals surface area contributed by atoms with Gasteiger partial charge in [-0.2, -0.15) is 0 Å². The molecule has 0 spiro atoms. The van der Waals surface area contributed by atoms with Gasteiger partial charge in [-0.25, -0.2) is 13.4 Å². The Kier molecular flexibility index (Phi) is 4.03. The lowest BCUT2D eigenvalue weighted by atomic mass is 10.4. The molecule has 0 fully saturated rings. The van der Waals surface area contributed by atoms with Crippen molar-refractivity contribution < 1.29 is 13.2 Å². The Hall–Kier alpha value is -0.950. The van der Waals surface area contributed by atoms with E-state index in [9.17, 15) is 13.2 Å². The Morgan fingerprint density at radius 3 is 2.69 bits per heavy atom. The van der Waals surface area contributed by atoms with Crippen LogP contribution in [-0.4, -0.2) is 30.8 Å². The number of aromatic nitrogens is 1. The predicted molar refractivity (Wildman–Crippen MR) is 63.0 cm³/mol. The third-order valence-corrected chi connectivity index (χ3v) is 4.56. The lowest BCUT2D eigenvalue weighted by Gasteiger charge is -2.08. The summed E-state index contributed by atoms with van der Waals surface area (Å²) in [5.74, 6) is -0.490. The van der Waals surface area contributed by atoms with Crippen molar-refractivity contribution >= 4 is 27.1 Å². The number of hydrogen-bond donors (Lipinski definition) is 1. The Labute approximate surface area is 98.8 Å². The molecule has 1 aromatic rings. The van der Waals surface area contributed by atoms with Gasteiger partial charge >= 0.3 is 0 Å². The first-order valence-corrected chi connectivity index (χ1v) is 7.51. The molecule has 0 unspecified atom stereocenters. The minimum Gasteiger partial charge on any atom is -0.348 e. The third kappa shape index (κ3) is 3.57. The van der Waals surface area contributed by atoms with E-state index >= 15 is 0 Å². The molecule has 0 aromatic carbocycles. The van der Waals surface area contributed by atoms with Crippen LogP contribution < -0.4 is 5.32 Å². The van der Waals surface area contributed by atoms with Gasteiger partial charge in [-0.3, -0.25) is 4.79 Å². The van der Waals surface area contributed by atoms with Crippen molar-refractivity contribution in [1.82, 2.24) is 10.3 Å². The molecule has 1 amide bonds. The van der Waals surface area contributed by atoms with E-state index in [0.717, 1.165) is 17.0 Å². The van der Waals surface area contributed by atoms with Gasteiger partial charge in [0.15, 0.2) is 9.84 Å². The third-order valence-electron chi connectivity index (χ3n) is 2.09. The highest BCUT2D eigenvalue weighted by Gasteiger charge is 2.23. The highest BCUT2D eigenvalue weighted by Crippen LogP contribution is 2.08. The largest absolute Gasteiger partial charge is 0.348 e. The van der Waals surface area contributed by atoms with Crippen molar-refractivity contribution in [2.75, 3.05) is 6.26 Å². The van der Waals surface area contributed by atoms with Gasteiger partial charge in [0, 0.05) is 17.3 Å². The minimum absolute atomic E-state index is 0.275. The second-order valence-electron chi connectivity index (χ2n) is 3.57. The van der Waals surface area contributed by atoms with E-state index in [-0.39, 0.29) is 6.54 Å². The highest BCUT2D eigenvalue weighted by molar-refractivity contribution is 7.92. The second kappa shape index (κ2) is 4.92. The van der Waals surface area contributed by atoms with Crippen LogP contribution in [-0.2, 0) is 21.2 Å². The molecule has 16 heavy (non-hydrogen) atoms. The van der Waals surface area contributed by atoms with Crippen molar-refractivity contribution in [3.8, 4) is 0 Å². The molecule has 1 heterocycles. The summed E-state index contributed by atoms with van der Waals surface area (Å²) in [5.41, 5.74) is 0.894. The molecule has 0 aliphatic heterocycles. The van der Waals surface area contributed by atoms with Crippen LogP contribution in [0.2, 0.25) is 0 Å². The molecule has 0 radical (unpaired) electrons. The fourth-order valence-corrected chi connectivity index (χ4v) is 2.17. The number of aryl methyl sites for hydroxylation is 1. The maximum absolute atomic E-state index is 11.5. The normalized spacial score (nSPS) is 13.4. The predicted octanol–water partition coefficient (Wildman–Crippen LogP) is 0.501. The zero-order valence-corrected chi connectivity index (χ0v) is 11.0. The van der Waals surface area contributed by atoms with Crippen molar-refractivity contribution in [3.63, 3.8) is 0 Å². The van der Waals surface area contributed by atoms with Gasteiger partial charge in [0.2, 0.25) is 5.91 Å². The second-order valence-corrected chi connectivity index (χ2v) is 6.88. The summed E-state index contributed by atoms with van der Waals surface area (Å²) in [4.78, 5) is 15.6. The molecule has 1 atom stereocenters. The van der Waals surface area contributed by atoms with E-state index in [1.807, 2.05) is 12.3 Å². The van der Waals surface area contributed by atoms with Crippen LogP contribution in [0.15, 0.2) is 5.38 Å². The SMILES string of the molecule is Cc1csc(CNC(=O)[C@H](C)S(C)(=O)=O)n1. The topological polar surface area (TPSA) is 76.1 Å². The summed E-state index contributed by atoms with van der Waals surface area (Å²) in [7, 11) is -3.33. The van der Waals surface area contributed by atoms with E-state index in [1.54, 1.807) is 0 Å². The summed E-state index contributed by atoms with van der Waals surface area (Å²) in [6.45, 7) is 3.51.